The van der Waals surface area contributed by atoms with E-state index in [-0.39, 0.29) is 11.8 Å². The fraction of sp³-hybridized carbons (Fsp3) is 0.381. The molecule has 0 radical (unpaired) electrons. The number of aromatic nitrogens is 1. The van der Waals surface area contributed by atoms with Gasteiger partial charge in [0.15, 0.2) is 0 Å². The Bertz CT molecular complexity index is 762. The SMILES string of the molecule is CCCOc1ccc(C(=O)N2CCCN(C(=O)c3cccnc3)CC2)cc1. The highest BCUT2D eigenvalue weighted by Crippen LogP contribution is 2.16. The molecule has 6 heteroatoms. The van der Waals surface area contributed by atoms with Crippen LogP contribution in [0.3, 0.4) is 0 Å². The third-order valence-corrected chi connectivity index (χ3v) is 4.55. The molecular weight excluding hydrogens is 342 g/mol. The van der Waals surface area contributed by atoms with Gasteiger partial charge in [-0.05, 0) is 49.2 Å². The highest BCUT2D eigenvalue weighted by molar-refractivity contribution is 5.95. The van der Waals surface area contributed by atoms with Crippen molar-refractivity contribution in [2.24, 2.45) is 0 Å². The monoisotopic (exact) mass is 367 g/mol. The number of nitrogens with zero attached hydrogens (tertiary/aromatic N) is 3. The number of rotatable bonds is 5. The van der Waals surface area contributed by atoms with Crippen LogP contribution in [0.2, 0.25) is 0 Å². The van der Waals surface area contributed by atoms with Crippen molar-refractivity contribution in [3.8, 4) is 5.75 Å². The first-order chi connectivity index (χ1) is 13.2. The standard InChI is InChI=1S/C21H25N3O3/c1-2-15-27-19-8-6-17(7-9-19)20(25)23-11-4-12-24(14-13-23)21(26)18-5-3-10-22-16-18/h3,5-10,16H,2,4,11-15H2,1H3. The summed E-state index contributed by atoms with van der Waals surface area (Å²) in [5, 5.41) is 0. The number of hydrogen-bond donors (Lipinski definition) is 0. The molecule has 0 aliphatic carbocycles. The predicted molar refractivity (Wildman–Crippen MR) is 103 cm³/mol. The molecule has 2 amide bonds. The lowest BCUT2D eigenvalue weighted by atomic mass is 10.2. The molecule has 0 spiro atoms. The molecular formula is C21H25N3O3. The van der Waals surface area contributed by atoms with Crippen molar-refractivity contribution >= 4 is 11.8 Å². The third-order valence-electron chi connectivity index (χ3n) is 4.55. The van der Waals surface area contributed by atoms with Gasteiger partial charge in [-0.25, -0.2) is 0 Å². The Balaban J connectivity index is 1.60. The fourth-order valence-corrected chi connectivity index (χ4v) is 3.09. The lowest BCUT2D eigenvalue weighted by molar-refractivity contribution is 0.0718. The molecule has 1 saturated heterocycles. The van der Waals surface area contributed by atoms with Gasteiger partial charge in [-0.2, -0.15) is 0 Å². The number of hydrogen-bond acceptors (Lipinski definition) is 4. The Labute approximate surface area is 159 Å². The van der Waals surface area contributed by atoms with E-state index in [1.807, 2.05) is 17.0 Å². The van der Waals surface area contributed by atoms with Crippen LogP contribution in [0.1, 0.15) is 40.5 Å². The van der Waals surface area contributed by atoms with E-state index in [9.17, 15) is 9.59 Å². The summed E-state index contributed by atoms with van der Waals surface area (Å²) in [6.45, 7) is 5.06. The number of benzene rings is 1. The van der Waals surface area contributed by atoms with Gasteiger partial charge in [0.05, 0.1) is 12.2 Å². The third kappa shape index (κ3) is 4.84. The van der Waals surface area contributed by atoms with Gasteiger partial charge in [0, 0.05) is 44.1 Å². The van der Waals surface area contributed by atoms with Crippen LogP contribution in [0.25, 0.3) is 0 Å². The maximum Gasteiger partial charge on any atom is 0.255 e. The average molecular weight is 367 g/mol. The summed E-state index contributed by atoms with van der Waals surface area (Å²) in [6.07, 6.45) is 4.94. The molecule has 3 rings (SSSR count). The Morgan fingerprint density at radius 3 is 2.22 bits per heavy atom. The molecule has 0 unspecified atom stereocenters. The van der Waals surface area contributed by atoms with E-state index in [4.69, 9.17) is 4.74 Å². The van der Waals surface area contributed by atoms with Crippen molar-refractivity contribution < 1.29 is 14.3 Å². The van der Waals surface area contributed by atoms with E-state index in [1.165, 1.54) is 0 Å². The Morgan fingerprint density at radius 2 is 1.63 bits per heavy atom. The van der Waals surface area contributed by atoms with Crippen molar-refractivity contribution in [1.29, 1.82) is 0 Å². The first-order valence-corrected chi connectivity index (χ1v) is 9.40. The molecule has 2 heterocycles. The second kappa shape index (κ2) is 9.16. The number of amides is 2. The molecule has 6 nitrogen and oxygen atoms in total. The maximum absolute atomic E-state index is 12.8. The van der Waals surface area contributed by atoms with Crippen molar-refractivity contribution in [2.45, 2.75) is 19.8 Å². The van der Waals surface area contributed by atoms with Crippen LogP contribution in [0.5, 0.6) is 5.75 Å². The summed E-state index contributed by atoms with van der Waals surface area (Å²) < 4.78 is 5.56. The molecule has 142 valence electrons. The van der Waals surface area contributed by atoms with Gasteiger partial charge in [0.2, 0.25) is 0 Å². The zero-order valence-corrected chi connectivity index (χ0v) is 15.6. The normalized spacial score (nSPS) is 14.6. The van der Waals surface area contributed by atoms with Crippen LogP contribution in [-0.2, 0) is 0 Å². The minimum absolute atomic E-state index is 0.00674. The molecule has 1 aromatic heterocycles. The summed E-state index contributed by atoms with van der Waals surface area (Å²) >= 11 is 0. The van der Waals surface area contributed by atoms with Gasteiger partial charge in [0.25, 0.3) is 11.8 Å². The summed E-state index contributed by atoms with van der Waals surface area (Å²) in [4.78, 5) is 33.0. The second-order valence-corrected chi connectivity index (χ2v) is 6.55. The van der Waals surface area contributed by atoms with Crippen LogP contribution < -0.4 is 4.74 Å². The molecule has 0 bridgehead atoms. The molecule has 0 atom stereocenters. The quantitative estimate of drug-likeness (QED) is 0.815. The van der Waals surface area contributed by atoms with Gasteiger partial charge in [-0.15, -0.1) is 0 Å². The van der Waals surface area contributed by atoms with E-state index in [1.54, 1.807) is 41.6 Å². The smallest absolute Gasteiger partial charge is 0.255 e. The maximum atomic E-state index is 12.8. The van der Waals surface area contributed by atoms with Crippen molar-refractivity contribution in [1.82, 2.24) is 14.8 Å². The largest absolute Gasteiger partial charge is 0.494 e. The van der Waals surface area contributed by atoms with E-state index in [2.05, 4.69) is 11.9 Å². The van der Waals surface area contributed by atoms with Crippen molar-refractivity contribution in [2.75, 3.05) is 32.8 Å². The van der Waals surface area contributed by atoms with Gasteiger partial charge < -0.3 is 14.5 Å². The molecule has 2 aromatic rings. The average Bonchev–Trinajstić information content (AvgIpc) is 2.98. The van der Waals surface area contributed by atoms with Crippen LogP contribution in [0.4, 0.5) is 0 Å². The number of ether oxygens (including phenoxy) is 1. The van der Waals surface area contributed by atoms with E-state index < -0.39 is 0 Å². The summed E-state index contributed by atoms with van der Waals surface area (Å²) in [6, 6.07) is 10.8. The van der Waals surface area contributed by atoms with Gasteiger partial charge in [-0.3, -0.25) is 14.6 Å². The zero-order valence-electron chi connectivity index (χ0n) is 15.6. The highest BCUT2D eigenvalue weighted by atomic mass is 16.5. The molecule has 0 saturated carbocycles. The number of carbonyl (C=O) groups is 2. The summed E-state index contributed by atoms with van der Waals surface area (Å²) in [5.41, 5.74) is 1.23. The lowest BCUT2D eigenvalue weighted by Gasteiger charge is -2.22. The van der Waals surface area contributed by atoms with Crippen LogP contribution in [0, 0.1) is 0 Å². The molecule has 1 aliphatic heterocycles. The summed E-state index contributed by atoms with van der Waals surface area (Å²) in [7, 11) is 0. The van der Waals surface area contributed by atoms with E-state index >= 15 is 0 Å². The topological polar surface area (TPSA) is 62.7 Å². The molecule has 1 fully saturated rings. The van der Waals surface area contributed by atoms with Crippen LogP contribution in [-0.4, -0.2) is 59.4 Å². The lowest BCUT2D eigenvalue weighted by Crippen LogP contribution is -2.37. The number of pyridine rings is 1. The Hall–Kier alpha value is -2.89. The van der Waals surface area contributed by atoms with Gasteiger partial charge >= 0.3 is 0 Å². The van der Waals surface area contributed by atoms with Crippen LogP contribution in [0.15, 0.2) is 48.8 Å². The van der Waals surface area contributed by atoms with Gasteiger partial charge in [-0.1, -0.05) is 6.92 Å². The highest BCUT2D eigenvalue weighted by Gasteiger charge is 2.23. The first-order valence-electron chi connectivity index (χ1n) is 9.40. The fourth-order valence-electron chi connectivity index (χ4n) is 3.09. The first kappa shape index (κ1) is 18.9. The molecule has 0 N–H and O–H groups in total. The molecule has 1 aliphatic rings. The minimum Gasteiger partial charge on any atom is -0.494 e. The molecule has 27 heavy (non-hydrogen) atoms. The van der Waals surface area contributed by atoms with Gasteiger partial charge in [0.1, 0.15) is 5.75 Å². The van der Waals surface area contributed by atoms with Crippen molar-refractivity contribution in [3.63, 3.8) is 0 Å². The van der Waals surface area contributed by atoms with E-state index in [0.29, 0.717) is 43.9 Å². The van der Waals surface area contributed by atoms with Crippen LogP contribution >= 0.6 is 0 Å². The number of carbonyl (C=O) groups excluding carboxylic acids is 2. The Kier molecular flexibility index (Phi) is 6.41. The second-order valence-electron chi connectivity index (χ2n) is 6.55. The van der Waals surface area contributed by atoms with E-state index in [0.717, 1.165) is 18.6 Å². The van der Waals surface area contributed by atoms with Crippen molar-refractivity contribution in [3.05, 3.63) is 59.9 Å². The minimum atomic E-state index is -0.0326. The zero-order chi connectivity index (χ0) is 19.1. The summed E-state index contributed by atoms with van der Waals surface area (Å²) in [5.74, 6) is 0.736. The predicted octanol–water partition coefficient (Wildman–Crippen LogP) is 2.86. The molecule has 1 aromatic carbocycles. The Morgan fingerprint density at radius 1 is 0.963 bits per heavy atom.